The Labute approximate surface area is 107 Å². The zero-order valence-corrected chi connectivity index (χ0v) is 11.4. The van der Waals surface area contributed by atoms with Gasteiger partial charge in [-0.2, -0.15) is 0 Å². The van der Waals surface area contributed by atoms with Gasteiger partial charge in [-0.05, 0) is 24.6 Å². The van der Waals surface area contributed by atoms with Crippen molar-refractivity contribution in [1.29, 1.82) is 0 Å². The number of nitrogens with zero attached hydrogens (tertiary/aromatic N) is 2. The van der Waals surface area contributed by atoms with Gasteiger partial charge in [0.15, 0.2) is 0 Å². The summed E-state index contributed by atoms with van der Waals surface area (Å²) >= 11 is 0. The summed E-state index contributed by atoms with van der Waals surface area (Å²) in [5.41, 5.74) is 8.54. The van der Waals surface area contributed by atoms with E-state index in [1.165, 1.54) is 0 Å². The summed E-state index contributed by atoms with van der Waals surface area (Å²) in [4.78, 5) is 4.63. The Hall–Kier alpha value is -1.39. The third-order valence-corrected chi connectivity index (χ3v) is 3.30. The van der Waals surface area contributed by atoms with Gasteiger partial charge in [-0.15, -0.1) is 0 Å². The SMILES string of the molecule is CC(C)c1nc2cc(C(O)C(C)N)ccc2n1C. The van der Waals surface area contributed by atoms with E-state index >= 15 is 0 Å². The molecule has 1 aromatic heterocycles. The number of hydrogen-bond donors (Lipinski definition) is 2. The largest absolute Gasteiger partial charge is 0.387 e. The van der Waals surface area contributed by atoms with Gasteiger partial charge in [-0.1, -0.05) is 19.9 Å². The minimum Gasteiger partial charge on any atom is -0.387 e. The zero-order valence-electron chi connectivity index (χ0n) is 11.4. The molecule has 18 heavy (non-hydrogen) atoms. The first-order chi connectivity index (χ1) is 8.41. The summed E-state index contributed by atoms with van der Waals surface area (Å²) in [6.45, 7) is 6.05. The highest BCUT2D eigenvalue weighted by molar-refractivity contribution is 5.77. The van der Waals surface area contributed by atoms with E-state index in [1.807, 2.05) is 25.2 Å². The predicted molar refractivity (Wildman–Crippen MR) is 73.4 cm³/mol. The van der Waals surface area contributed by atoms with Gasteiger partial charge in [-0.25, -0.2) is 4.98 Å². The van der Waals surface area contributed by atoms with Crippen LogP contribution >= 0.6 is 0 Å². The first-order valence-electron chi connectivity index (χ1n) is 6.31. The van der Waals surface area contributed by atoms with Crippen LogP contribution in [-0.2, 0) is 7.05 Å². The van der Waals surface area contributed by atoms with E-state index in [4.69, 9.17) is 5.73 Å². The highest BCUT2D eigenvalue weighted by Gasteiger charge is 2.15. The van der Waals surface area contributed by atoms with Crippen molar-refractivity contribution in [1.82, 2.24) is 9.55 Å². The van der Waals surface area contributed by atoms with Crippen LogP contribution in [0.5, 0.6) is 0 Å². The van der Waals surface area contributed by atoms with Gasteiger partial charge in [-0.3, -0.25) is 0 Å². The number of aryl methyl sites for hydroxylation is 1. The number of hydrogen-bond acceptors (Lipinski definition) is 3. The molecule has 2 aromatic rings. The van der Waals surface area contributed by atoms with E-state index < -0.39 is 6.10 Å². The van der Waals surface area contributed by atoms with Gasteiger partial charge < -0.3 is 15.4 Å². The Morgan fingerprint density at radius 1 is 1.28 bits per heavy atom. The Bertz CT molecular complexity index is 557. The molecule has 1 aromatic carbocycles. The smallest absolute Gasteiger partial charge is 0.112 e. The van der Waals surface area contributed by atoms with Crippen molar-refractivity contribution >= 4 is 11.0 Å². The lowest BCUT2D eigenvalue weighted by atomic mass is 10.0. The lowest BCUT2D eigenvalue weighted by Gasteiger charge is -2.14. The van der Waals surface area contributed by atoms with Crippen LogP contribution in [0.15, 0.2) is 18.2 Å². The standard InChI is InChI=1S/C14H21N3O/c1-8(2)14-16-11-7-10(13(18)9(3)15)5-6-12(11)17(14)4/h5-9,13,18H,15H2,1-4H3. The first-order valence-corrected chi connectivity index (χ1v) is 6.31. The molecule has 1 heterocycles. The van der Waals surface area contributed by atoms with Crippen LogP contribution in [0.4, 0.5) is 0 Å². The first kappa shape index (κ1) is 13.1. The van der Waals surface area contributed by atoms with Crippen LogP contribution < -0.4 is 5.73 Å². The Kier molecular flexibility index (Phi) is 3.41. The number of imidazole rings is 1. The molecule has 3 N–H and O–H groups in total. The maximum atomic E-state index is 9.98. The fourth-order valence-corrected chi connectivity index (χ4v) is 2.24. The summed E-state index contributed by atoms with van der Waals surface area (Å²) in [5.74, 6) is 1.43. The van der Waals surface area contributed by atoms with Crippen molar-refractivity contribution < 1.29 is 5.11 Å². The lowest BCUT2D eigenvalue weighted by molar-refractivity contribution is 0.153. The molecule has 2 rings (SSSR count). The van der Waals surface area contributed by atoms with E-state index in [1.54, 1.807) is 6.92 Å². The van der Waals surface area contributed by atoms with Gasteiger partial charge >= 0.3 is 0 Å². The van der Waals surface area contributed by atoms with Crippen molar-refractivity contribution in [3.63, 3.8) is 0 Å². The van der Waals surface area contributed by atoms with Crippen molar-refractivity contribution in [3.8, 4) is 0 Å². The Morgan fingerprint density at radius 2 is 1.94 bits per heavy atom. The van der Waals surface area contributed by atoms with Gasteiger partial charge in [0.25, 0.3) is 0 Å². The maximum absolute atomic E-state index is 9.98. The van der Waals surface area contributed by atoms with E-state index in [2.05, 4.69) is 23.4 Å². The van der Waals surface area contributed by atoms with Crippen LogP contribution in [0.25, 0.3) is 11.0 Å². The molecule has 0 radical (unpaired) electrons. The molecule has 0 aliphatic carbocycles. The fraction of sp³-hybridized carbons (Fsp3) is 0.500. The average molecular weight is 247 g/mol. The number of aliphatic hydroxyl groups is 1. The monoisotopic (exact) mass is 247 g/mol. The van der Waals surface area contributed by atoms with Crippen LogP contribution in [0.3, 0.4) is 0 Å². The molecule has 0 bridgehead atoms. The molecule has 4 nitrogen and oxygen atoms in total. The maximum Gasteiger partial charge on any atom is 0.112 e. The molecule has 0 spiro atoms. The molecule has 98 valence electrons. The van der Waals surface area contributed by atoms with Gasteiger partial charge in [0, 0.05) is 19.0 Å². The van der Waals surface area contributed by atoms with E-state index in [0.717, 1.165) is 22.4 Å². The number of fused-ring (bicyclic) bond motifs is 1. The molecule has 0 aliphatic rings. The minimum atomic E-state index is -0.640. The molecule has 0 saturated carbocycles. The van der Waals surface area contributed by atoms with Crippen molar-refractivity contribution in [2.24, 2.45) is 12.8 Å². The van der Waals surface area contributed by atoms with Gasteiger partial charge in [0.2, 0.25) is 0 Å². The molecule has 0 amide bonds. The summed E-state index contributed by atoms with van der Waals surface area (Å²) in [6.07, 6.45) is -0.640. The molecule has 0 saturated heterocycles. The highest BCUT2D eigenvalue weighted by atomic mass is 16.3. The third-order valence-electron chi connectivity index (χ3n) is 3.30. The molecular formula is C14H21N3O. The quantitative estimate of drug-likeness (QED) is 0.872. The lowest BCUT2D eigenvalue weighted by Crippen LogP contribution is -2.24. The zero-order chi connectivity index (χ0) is 13.4. The second-order valence-corrected chi connectivity index (χ2v) is 5.24. The fourth-order valence-electron chi connectivity index (χ4n) is 2.24. The normalized spacial score (nSPS) is 15.3. The molecule has 0 aliphatic heterocycles. The Balaban J connectivity index is 2.52. The number of aliphatic hydroxyl groups excluding tert-OH is 1. The van der Waals surface area contributed by atoms with E-state index in [0.29, 0.717) is 5.92 Å². The molecular weight excluding hydrogens is 226 g/mol. The minimum absolute atomic E-state index is 0.282. The topological polar surface area (TPSA) is 64.1 Å². The highest BCUT2D eigenvalue weighted by Crippen LogP contribution is 2.24. The summed E-state index contributed by atoms with van der Waals surface area (Å²) in [5, 5.41) is 9.98. The summed E-state index contributed by atoms with van der Waals surface area (Å²) in [7, 11) is 2.02. The molecule has 4 heteroatoms. The van der Waals surface area contributed by atoms with Gasteiger partial charge in [0.1, 0.15) is 5.82 Å². The predicted octanol–water partition coefficient (Wildman–Crippen LogP) is 2.08. The molecule has 2 atom stereocenters. The number of rotatable bonds is 3. The third kappa shape index (κ3) is 2.13. The van der Waals surface area contributed by atoms with Crippen LogP contribution in [0, 0.1) is 0 Å². The molecule has 2 unspecified atom stereocenters. The van der Waals surface area contributed by atoms with Crippen molar-refractivity contribution in [2.75, 3.05) is 0 Å². The second kappa shape index (κ2) is 4.71. The summed E-state index contributed by atoms with van der Waals surface area (Å²) in [6, 6.07) is 5.56. The van der Waals surface area contributed by atoms with Crippen LogP contribution in [-0.4, -0.2) is 20.7 Å². The number of aromatic nitrogens is 2. The molecule has 0 fully saturated rings. The number of benzene rings is 1. The van der Waals surface area contributed by atoms with E-state index in [-0.39, 0.29) is 6.04 Å². The number of nitrogens with two attached hydrogens (primary N) is 1. The van der Waals surface area contributed by atoms with Crippen LogP contribution in [0.2, 0.25) is 0 Å². The second-order valence-electron chi connectivity index (χ2n) is 5.24. The van der Waals surface area contributed by atoms with Gasteiger partial charge in [0.05, 0.1) is 17.1 Å². The van der Waals surface area contributed by atoms with Crippen molar-refractivity contribution in [2.45, 2.75) is 38.8 Å². The Morgan fingerprint density at radius 3 is 2.50 bits per heavy atom. The van der Waals surface area contributed by atoms with E-state index in [9.17, 15) is 5.11 Å². The summed E-state index contributed by atoms with van der Waals surface area (Å²) < 4.78 is 2.10. The van der Waals surface area contributed by atoms with Crippen LogP contribution in [0.1, 0.15) is 44.2 Å². The van der Waals surface area contributed by atoms with Crippen molar-refractivity contribution in [3.05, 3.63) is 29.6 Å². The average Bonchev–Trinajstić information content (AvgIpc) is 2.65.